The molecule has 1 heterocycles. The number of nitrogens with one attached hydrogen (secondary N) is 2. The summed E-state index contributed by atoms with van der Waals surface area (Å²) in [5, 5.41) is 20.7. The number of aliphatic hydroxyl groups excluding tert-OH is 1. The third-order valence-electron chi connectivity index (χ3n) is 2.55. The molecule has 0 saturated heterocycles. The molecule has 1 aromatic carbocycles. The molecular formula is C12H13N3O3. The molecule has 0 fully saturated rings. The van der Waals surface area contributed by atoms with Crippen molar-refractivity contribution in [3.8, 4) is 11.3 Å². The fourth-order valence-corrected chi connectivity index (χ4v) is 1.73. The lowest BCUT2D eigenvalue weighted by Gasteiger charge is -2.14. The molecule has 0 aliphatic heterocycles. The Morgan fingerprint density at radius 1 is 1.44 bits per heavy atom. The van der Waals surface area contributed by atoms with Crippen LogP contribution in [0.3, 0.4) is 0 Å². The highest BCUT2D eigenvalue weighted by Gasteiger charge is 2.14. The first-order valence-corrected chi connectivity index (χ1v) is 5.41. The van der Waals surface area contributed by atoms with Crippen LogP contribution in [0.15, 0.2) is 36.8 Å². The van der Waals surface area contributed by atoms with Gasteiger partial charge in [0.05, 0.1) is 30.9 Å². The van der Waals surface area contributed by atoms with Gasteiger partial charge < -0.3 is 20.5 Å². The van der Waals surface area contributed by atoms with Crippen LogP contribution in [0.4, 0.5) is 4.79 Å². The van der Waals surface area contributed by atoms with Gasteiger partial charge in [-0.15, -0.1) is 0 Å². The first-order chi connectivity index (χ1) is 8.68. The van der Waals surface area contributed by atoms with Gasteiger partial charge in [0, 0.05) is 5.56 Å². The zero-order valence-corrected chi connectivity index (χ0v) is 9.50. The highest BCUT2D eigenvalue weighted by molar-refractivity contribution is 5.65. The summed E-state index contributed by atoms with van der Waals surface area (Å²) in [6.07, 6.45) is 1.14. The Hall–Kier alpha value is -2.34. The Balaban J connectivity index is 2.25. The molecule has 0 spiro atoms. The van der Waals surface area contributed by atoms with E-state index in [1.165, 1.54) is 0 Å². The number of aromatic amines is 1. The number of benzene rings is 1. The average molecular weight is 247 g/mol. The van der Waals surface area contributed by atoms with Crippen LogP contribution >= 0.6 is 0 Å². The van der Waals surface area contributed by atoms with E-state index in [0.717, 1.165) is 11.3 Å². The SMILES string of the molecule is O=C(O)NCC(O)c1ccccc1-c1cnc[nH]1. The monoisotopic (exact) mass is 247 g/mol. The van der Waals surface area contributed by atoms with Crippen molar-refractivity contribution in [3.63, 3.8) is 0 Å². The molecule has 6 heteroatoms. The third-order valence-corrected chi connectivity index (χ3v) is 2.55. The number of imidazole rings is 1. The summed E-state index contributed by atoms with van der Waals surface area (Å²) in [5.41, 5.74) is 2.23. The van der Waals surface area contributed by atoms with E-state index in [0.29, 0.717) is 5.56 Å². The second-order valence-electron chi connectivity index (χ2n) is 3.75. The molecule has 4 N–H and O–H groups in total. The zero-order valence-electron chi connectivity index (χ0n) is 9.50. The Labute approximate surface area is 103 Å². The van der Waals surface area contributed by atoms with E-state index >= 15 is 0 Å². The number of hydrogen-bond donors (Lipinski definition) is 4. The van der Waals surface area contributed by atoms with E-state index in [-0.39, 0.29) is 6.54 Å². The van der Waals surface area contributed by atoms with Crippen molar-refractivity contribution < 1.29 is 15.0 Å². The van der Waals surface area contributed by atoms with Crippen LogP contribution in [0, 0.1) is 0 Å². The molecule has 2 rings (SSSR count). The van der Waals surface area contributed by atoms with Crippen LogP contribution in [0.1, 0.15) is 11.7 Å². The highest BCUT2D eigenvalue weighted by atomic mass is 16.4. The number of amides is 1. The molecule has 94 valence electrons. The van der Waals surface area contributed by atoms with Crippen LogP contribution in [0.2, 0.25) is 0 Å². The molecule has 1 unspecified atom stereocenters. The molecule has 18 heavy (non-hydrogen) atoms. The summed E-state index contributed by atoms with van der Waals surface area (Å²) in [5.74, 6) is 0. The summed E-state index contributed by atoms with van der Waals surface area (Å²) in [6, 6.07) is 7.23. The molecule has 1 amide bonds. The fraction of sp³-hybridized carbons (Fsp3) is 0.167. The van der Waals surface area contributed by atoms with Crippen molar-refractivity contribution in [3.05, 3.63) is 42.4 Å². The van der Waals surface area contributed by atoms with Crippen molar-refractivity contribution in [2.45, 2.75) is 6.10 Å². The Morgan fingerprint density at radius 3 is 2.89 bits per heavy atom. The van der Waals surface area contributed by atoms with Gasteiger partial charge in [0.1, 0.15) is 0 Å². The van der Waals surface area contributed by atoms with Gasteiger partial charge in [-0.2, -0.15) is 0 Å². The lowest BCUT2D eigenvalue weighted by molar-refractivity contribution is 0.159. The number of nitrogens with zero attached hydrogens (tertiary/aromatic N) is 1. The summed E-state index contributed by atoms with van der Waals surface area (Å²) in [4.78, 5) is 17.3. The van der Waals surface area contributed by atoms with E-state index in [1.54, 1.807) is 24.7 Å². The third kappa shape index (κ3) is 2.67. The number of aliphatic hydroxyl groups is 1. The van der Waals surface area contributed by atoms with Gasteiger partial charge in [-0.25, -0.2) is 9.78 Å². The first-order valence-electron chi connectivity index (χ1n) is 5.41. The largest absolute Gasteiger partial charge is 0.465 e. The van der Waals surface area contributed by atoms with Crippen molar-refractivity contribution >= 4 is 6.09 Å². The van der Waals surface area contributed by atoms with Gasteiger partial charge in [0.2, 0.25) is 0 Å². The number of H-pyrrole nitrogens is 1. The Kier molecular flexibility index (Phi) is 3.59. The standard InChI is InChI=1S/C12H13N3O3/c16-11(6-14-12(17)18)9-4-2-1-3-8(9)10-5-13-7-15-10/h1-5,7,11,14,16H,6H2,(H,13,15)(H,17,18). The van der Waals surface area contributed by atoms with Gasteiger partial charge in [-0.1, -0.05) is 24.3 Å². The van der Waals surface area contributed by atoms with Crippen LogP contribution in [0.5, 0.6) is 0 Å². The lowest BCUT2D eigenvalue weighted by Crippen LogP contribution is -2.26. The summed E-state index contributed by atoms with van der Waals surface area (Å²) < 4.78 is 0. The van der Waals surface area contributed by atoms with Gasteiger partial charge in [0.25, 0.3) is 0 Å². The molecule has 1 atom stereocenters. The smallest absolute Gasteiger partial charge is 0.404 e. The highest BCUT2D eigenvalue weighted by Crippen LogP contribution is 2.26. The van der Waals surface area contributed by atoms with E-state index in [4.69, 9.17) is 5.11 Å². The molecule has 0 saturated carbocycles. The van der Waals surface area contributed by atoms with E-state index in [2.05, 4.69) is 15.3 Å². The second kappa shape index (κ2) is 5.33. The molecule has 1 aromatic heterocycles. The van der Waals surface area contributed by atoms with Crippen LogP contribution in [-0.2, 0) is 0 Å². The molecule has 0 radical (unpaired) electrons. The molecule has 6 nitrogen and oxygen atoms in total. The average Bonchev–Trinajstić information content (AvgIpc) is 2.89. The normalized spacial score (nSPS) is 12.1. The van der Waals surface area contributed by atoms with Gasteiger partial charge in [-0.3, -0.25) is 0 Å². The second-order valence-corrected chi connectivity index (χ2v) is 3.75. The van der Waals surface area contributed by atoms with Crippen LogP contribution in [-0.4, -0.2) is 32.8 Å². The number of carboxylic acid groups (broad SMARTS) is 1. The van der Waals surface area contributed by atoms with Crippen LogP contribution < -0.4 is 5.32 Å². The van der Waals surface area contributed by atoms with Gasteiger partial charge >= 0.3 is 6.09 Å². The number of hydrogen-bond acceptors (Lipinski definition) is 3. The maximum Gasteiger partial charge on any atom is 0.404 e. The van der Waals surface area contributed by atoms with Gasteiger partial charge in [-0.05, 0) is 5.56 Å². The minimum atomic E-state index is -1.16. The summed E-state index contributed by atoms with van der Waals surface area (Å²) in [7, 11) is 0. The van der Waals surface area contributed by atoms with E-state index in [1.807, 2.05) is 12.1 Å². The first kappa shape index (κ1) is 12.1. The minimum Gasteiger partial charge on any atom is -0.465 e. The topological polar surface area (TPSA) is 98.2 Å². The van der Waals surface area contributed by atoms with Crippen molar-refractivity contribution in [2.24, 2.45) is 0 Å². The maximum absolute atomic E-state index is 10.4. The van der Waals surface area contributed by atoms with E-state index in [9.17, 15) is 9.90 Å². The summed E-state index contributed by atoms with van der Waals surface area (Å²) in [6.45, 7) is -0.0551. The zero-order chi connectivity index (χ0) is 13.0. The van der Waals surface area contributed by atoms with Crippen molar-refractivity contribution in [2.75, 3.05) is 6.54 Å². The number of rotatable bonds is 4. The Bertz CT molecular complexity index is 525. The summed E-state index contributed by atoms with van der Waals surface area (Å²) >= 11 is 0. The molecule has 2 aromatic rings. The van der Waals surface area contributed by atoms with Crippen molar-refractivity contribution in [1.29, 1.82) is 0 Å². The molecule has 0 aliphatic carbocycles. The number of aromatic nitrogens is 2. The number of carbonyl (C=O) groups is 1. The Morgan fingerprint density at radius 2 is 2.22 bits per heavy atom. The molecule has 0 bridgehead atoms. The van der Waals surface area contributed by atoms with Crippen LogP contribution in [0.25, 0.3) is 11.3 Å². The predicted octanol–water partition coefficient (Wildman–Crippen LogP) is 1.38. The lowest BCUT2D eigenvalue weighted by atomic mass is 10.0. The molecular weight excluding hydrogens is 234 g/mol. The fourth-order valence-electron chi connectivity index (χ4n) is 1.73. The predicted molar refractivity (Wildman–Crippen MR) is 65.0 cm³/mol. The minimum absolute atomic E-state index is 0.0551. The molecule has 0 aliphatic rings. The van der Waals surface area contributed by atoms with E-state index < -0.39 is 12.2 Å². The van der Waals surface area contributed by atoms with Gasteiger partial charge in [0.15, 0.2) is 0 Å². The quantitative estimate of drug-likeness (QED) is 0.656. The maximum atomic E-state index is 10.4. The van der Waals surface area contributed by atoms with Crippen molar-refractivity contribution in [1.82, 2.24) is 15.3 Å².